The van der Waals surface area contributed by atoms with Gasteiger partial charge < -0.3 is 0 Å². The van der Waals surface area contributed by atoms with E-state index in [-0.39, 0.29) is 5.56 Å². The summed E-state index contributed by atoms with van der Waals surface area (Å²) in [5.41, 5.74) is 1.43. The minimum Gasteiger partial charge on any atom is -0.269 e. The summed E-state index contributed by atoms with van der Waals surface area (Å²) in [4.78, 5) is 17.6. The average molecular weight is 347 g/mol. The van der Waals surface area contributed by atoms with Crippen molar-refractivity contribution in [1.82, 2.24) is 9.38 Å². The van der Waals surface area contributed by atoms with E-state index < -0.39 is 0 Å². The van der Waals surface area contributed by atoms with Crippen molar-refractivity contribution in [3.63, 3.8) is 0 Å². The van der Waals surface area contributed by atoms with Gasteiger partial charge in [-0.05, 0) is 40.2 Å². The van der Waals surface area contributed by atoms with Gasteiger partial charge in [-0.15, -0.1) is 11.8 Å². The van der Waals surface area contributed by atoms with Crippen molar-refractivity contribution in [2.24, 2.45) is 0 Å². The van der Waals surface area contributed by atoms with Crippen LogP contribution in [0.3, 0.4) is 0 Å². The van der Waals surface area contributed by atoms with E-state index in [1.54, 1.807) is 28.4 Å². The van der Waals surface area contributed by atoms with Crippen molar-refractivity contribution in [2.75, 3.05) is 0 Å². The fourth-order valence-electron chi connectivity index (χ4n) is 1.89. The largest absolute Gasteiger partial charge is 0.269 e. The molecule has 3 rings (SSSR count). The van der Waals surface area contributed by atoms with Crippen LogP contribution in [0.15, 0.2) is 68.9 Å². The topological polar surface area (TPSA) is 34.4 Å². The first kappa shape index (κ1) is 13.4. The summed E-state index contributed by atoms with van der Waals surface area (Å²) in [7, 11) is 0. The lowest BCUT2D eigenvalue weighted by Gasteiger charge is -2.05. The smallest absolute Gasteiger partial charge is 0.258 e. The zero-order chi connectivity index (χ0) is 13.9. The van der Waals surface area contributed by atoms with Crippen molar-refractivity contribution in [2.45, 2.75) is 10.6 Å². The van der Waals surface area contributed by atoms with Gasteiger partial charge >= 0.3 is 0 Å². The minimum atomic E-state index is -0.0432. The summed E-state index contributed by atoms with van der Waals surface area (Å²) >= 11 is 5.18. The Labute approximate surface area is 128 Å². The van der Waals surface area contributed by atoms with Gasteiger partial charge in [-0.25, -0.2) is 4.98 Å². The fourth-order valence-corrected chi connectivity index (χ4v) is 3.35. The molecule has 0 saturated carbocycles. The predicted molar refractivity (Wildman–Crippen MR) is 85.2 cm³/mol. The Morgan fingerprint density at radius 3 is 2.80 bits per heavy atom. The Morgan fingerprint density at radius 1 is 1.15 bits per heavy atom. The molecule has 0 aliphatic rings. The third-order valence-electron chi connectivity index (χ3n) is 2.84. The first-order valence-corrected chi connectivity index (χ1v) is 7.86. The van der Waals surface area contributed by atoms with Gasteiger partial charge in [0, 0.05) is 27.4 Å². The number of fused-ring (bicyclic) bond motifs is 1. The molecule has 0 amide bonds. The van der Waals surface area contributed by atoms with Gasteiger partial charge in [0.1, 0.15) is 5.65 Å². The van der Waals surface area contributed by atoms with Crippen LogP contribution in [0.25, 0.3) is 5.65 Å². The molecule has 0 spiro atoms. The molecule has 0 aliphatic heterocycles. The number of hydrogen-bond acceptors (Lipinski definition) is 3. The van der Waals surface area contributed by atoms with Crippen LogP contribution in [0, 0.1) is 0 Å². The molecule has 0 aliphatic carbocycles. The summed E-state index contributed by atoms with van der Waals surface area (Å²) in [6, 6.07) is 15.2. The van der Waals surface area contributed by atoms with E-state index >= 15 is 0 Å². The molecule has 2 aromatic heterocycles. The highest BCUT2D eigenvalue weighted by Crippen LogP contribution is 2.29. The molecule has 2 heterocycles. The maximum Gasteiger partial charge on any atom is 0.258 e. The van der Waals surface area contributed by atoms with E-state index in [4.69, 9.17) is 0 Å². The number of rotatable bonds is 3. The second-order valence-electron chi connectivity index (χ2n) is 4.23. The average Bonchev–Trinajstić information content (AvgIpc) is 2.46. The molecule has 0 saturated heterocycles. The van der Waals surface area contributed by atoms with Crippen molar-refractivity contribution < 1.29 is 0 Å². The van der Waals surface area contributed by atoms with Crippen LogP contribution < -0.4 is 5.56 Å². The van der Waals surface area contributed by atoms with Gasteiger partial charge in [-0.2, -0.15) is 0 Å². The highest BCUT2D eigenvalue weighted by molar-refractivity contribution is 9.10. The lowest BCUT2D eigenvalue weighted by Crippen LogP contribution is -2.14. The third kappa shape index (κ3) is 2.78. The Hall–Kier alpha value is -1.59. The van der Waals surface area contributed by atoms with E-state index in [0.29, 0.717) is 11.4 Å². The molecule has 1 aromatic carbocycles. The summed E-state index contributed by atoms with van der Waals surface area (Å²) in [6.07, 6.45) is 1.73. The second kappa shape index (κ2) is 5.81. The van der Waals surface area contributed by atoms with Crippen molar-refractivity contribution in [1.29, 1.82) is 0 Å². The quantitative estimate of drug-likeness (QED) is 0.677. The Kier molecular flexibility index (Phi) is 3.89. The monoisotopic (exact) mass is 346 g/mol. The fraction of sp³-hybridized carbons (Fsp3) is 0.0667. The molecular weight excluding hydrogens is 336 g/mol. The van der Waals surface area contributed by atoms with Gasteiger partial charge in [-0.1, -0.05) is 18.2 Å². The number of nitrogens with zero attached hydrogens (tertiary/aromatic N) is 2. The highest BCUT2D eigenvalue weighted by atomic mass is 79.9. The van der Waals surface area contributed by atoms with Crippen LogP contribution in [-0.2, 0) is 5.75 Å². The number of pyridine rings is 1. The van der Waals surface area contributed by atoms with Crippen LogP contribution >= 0.6 is 27.7 Å². The van der Waals surface area contributed by atoms with Gasteiger partial charge in [0.05, 0.1) is 5.69 Å². The molecule has 5 heteroatoms. The summed E-state index contributed by atoms with van der Waals surface area (Å²) in [5, 5.41) is 0. The van der Waals surface area contributed by atoms with E-state index in [2.05, 4.69) is 20.9 Å². The minimum absolute atomic E-state index is 0.0432. The van der Waals surface area contributed by atoms with E-state index in [1.807, 2.05) is 42.5 Å². The first-order valence-electron chi connectivity index (χ1n) is 6.09. The summed E-state index contributed by atoms with van der Waals surface area (Å²) < 4.78 is 2.61. The first-order chi connectivity index (χ1) is 9.74. The number of thioether (sulfide) groups is 1. The van der Waals surface area contributed by atoms with E-state index in [0.717, 1.165) is 15.1 Å². The third-order valence-corrected chi connectivity index (χ3v) is 4.90. The van der Waals surface area contributed by atoms with Gasteiger partial charge in [0.15, 0.2) is 0 Å². The number of benzene rings is 1. The molecule has 3 aromatic rings. The molecule has 0 atom stereocenters. The van der Waals surface area contributed by atoms with Crippen LogP contribution in [0.2, 0.25) is 0 Å². The molecule has 0 N–H and O–H groups in total. The molecule has 0 fully saturated rings. The molecular formula is C15H11BrN2OS. The molecule has 0 unspecified atom stereocenters. The molecule has 0 bridgehead atoms. The van der Waals surface area contributed by atoms with Crippen LogP contribution in [0.4, 0.5) is 0 Å². The highest BCUT2D eigenvalue weighted by Gasteiger charge is 2.04. The van der Waals surface area contributed by atoms with Gasteiger partial charge in [0.25, 0.3) is 5.56 Å². The van der Waals surface area contributed by atoms with E-state index in [9.17, 15) is 4.79 Å². The molecule has 3 nitrogen and oxygen atoms in total. The zero-order valence-electron chi connectivity index (χ0n) is 10.5. The number of halogens is 1. The summed E-state index contributed by atoms with van der Waals surface area (Å²) in [6.45, 7) is 0. The summed E-state index contributed by atoms with van der Waals surface area (Å²) in [5.74, 6) is 0.670. The Bertz CT molecular complexity index is 816. The maximum atomic E-state index is 12.0. The number of aromatic nitrogens is 2. The molecule has 100 valence electrons. The lowest BCUT2D eigenvalue weighted by molar-refractivity contribution is 1.01. The van der Waals surface area contributed by atoms with Gasteiger partial charge in [-0.3, -0.25) is 9.20 Å². The zero-order valence-corrected chi connectivity index (χ0v) is 12.9. The predicted octanol–water partition coefficient (Wildman–Crippen LogP) is 3.75. The standard InChI is InChI=1S/C15H11BrN2OS/c16-12-5-1-2-6-13(12)20-10-11-9-15(19)18-8-4-3-7-14(18)17-11/h1-9H,10H2. The molecule has 0 radical (unpaired) electrons. The van der Waals surface area contributed by atoms with Crippen LogP contribution in [-0.4, -0.2) is 9.38 Å². The van der Waals surface area contributed by atoms with Crippen LogP contribution in [0.5, 0.6) is 0 Å². The van der Waals surface area contributed by atoms with E-state index in [1.165, 1.54) is 0 Å². The maximum absolute atomic E-state index is 12.0. The molecule has 20 heavy (non-hydrogen) atoms. The van der Waals surface area contributed by atoms with Crippen molar-refractivity contribution >= 4 is 33.3 Å². The lowest BCUT2D eigenvalue weighted by atomic mass is 10.4. The Morgan fingerprint density at radius 2 is 1.95 bits per heavy atom. The van der Waals surface area contributed by atoms with Gasteiger partial charge in [0.2, 0.25) is 0 Å². The van der Waals surface area contributed by atoms with Crippen LogP contribution in [0.1, 0.15) is 5.69 Å². The normalized spacial score (nSPS) is 10.8. The number of hydrogen-bond donors (Lipinski definition) is 0. The SMILES string of the molecule is O=c1cc(CSc2ccccc2Br)nc2ccccn12. The van der Waals surface area contributed by atoms with Crippen molar-refractivity contribution in [3.05, 3.63) is 75.2 Å². The Balaban J connectivity index is 1.88. The second-order valence-corrected chi connectivity index (χ2v) is 6.11. The van der Waals surface area contributed by atoms with Crippen molar-refractivity contribution in [3.8, 4) is 0 Å².